The van der Waals surface area contributed by atoms with Gasteiger partial charge in [0.25, 0.3) is 0 Å². The van der Waals surface area contributed by atoms with Crippen molar-refractivity contribution < 1.29 is 26.4 Å². The number of rotatable bonds is 5. The number of alkyl halides is 3. The molecule has 1 heterocycles. The van der Waals surface area contributed by atoms with Gasteiger partial charge in [-0.1, -0.05) is 12.8 Å². The summed E-state index contributed by atoms with van der Waals surface area (Å²) in [6.45, 7) is 0.00407. The molecule has 2 aliphatic rings. The highest BCUT2D eigenvalue weighted by molar-refractivity contribution is 7.90. The number of amides is 1. The lowest BCUT2D eigenvalue weighted by molar-refractivity contribution is -0.138. The highest BCUT2D eigenvalue weighted by Crippen LogP contribution is 2.39. The van der Waals surface area contributed by atoms with Crippen LogP contribution in [0, 0.1) is 5.41 Å². The standard InChI is InChI=1S/C17H30F3N5O3S/c1-21-15(22-12-16(8-4-5-9-16)14(26)24(2)3)23-13-6-10-25(11-7-13)29(27,28)17(18,19)20/h13H,4-12H2,1-3H3,(H2,21,22,23). The number of nitrogens with one attached hydrogen (secondary N) is 2. The first kappa shape index (κ1) is 23.7. The summed E-state index contributed by atoms with van der Waals surface area (Å²) in [6.07, 6.45) is 4.03. The fourth-order valence-corrected chi connectivity index (χ4v) is 5.00. The number of aliphatic imine (C=N–C) groups is 1. The van der Waals surface area contributed by atoms with Gasteiger partial charge in [-0.2, -0.15) is 17.5 Å². The van der Waals surface area contributed by atoms with E-state index >= 15 is 0 Å². The van der Waals surface area contributed by atoms with Crippen LogP contribution in [0.15, 0.2) is 4.99 Å². The third-order valence-corrected chi connectivity index (χ3v) is 7.30. The highest BCUT2D eigenvalue weighted by Gasteiger charge is 2.50. The van der Waals surface area contributed by atoms with Gasteiger partial charge < -0.3 is 15.5 Å². The van der Waals surface area contributed by atoms with E-state index in [1.807, 2.05) is 0 Å². The number of hydrogen-bond acceptors (Lipinski definition) is 4. The van der Waals surface area contributed by atoms with Crippen LogP contribution >= 0.6 is 0 Å². The number of hydrogen-bond donors (Lipinski definition) is 2. The molecule has 12 heteroatoms. The quantitative estimate of drug-likeness (QED) is 0.493. The van der Waals surface area contributed by atoms with Crippen molar-refractivity contribution in [1.82, 2.24) is 19.8 Å². The number of sulfonamides is 1. The number of carbonyl (C=O) groups excluding carboxylic acids is 1. The van der Waals surface area contributed by atoms with E-state index in [1.165, 1.54) is 0 Å². The van der Waals surface area contributed by atoms with Gasteiger partial charge in [-0.3, -0.25) is 9.79 Å². The van der Waals surface area contributed by atoms with Gasteiger partial charge in [0.1, 0.15) is 0 Å². The Morgan fingerprint density at radius 3 is 2.21 bits per heavy atom. The smallest absolute Gasteiger partial charge is 0.355 e. The molecular weight excluding hydrogens is 411 g/mol. The lowest BCUT2D eigenvalue weighted by Crippen LogP contribution is -2.53. The third kappa shape index (κ3) is 5.33. The minimum Gasteiger partial charge on any atom is -0.355 e. The summed E-state index contributed by atoms with van der Waals surface area (Å²) in [5.41, 5.74) is -5.76. The summed E-state index contributed by atoms with van der Waals surface area (Å²) < 4.78 is 61.5. The Kier molecular flexibility index (Phi) is 7.42. The van der Waals surface area contributed by atoms with Crippen LogP contribution in [0.5, 0.6) is 0 Å². The molecule has 29 heavy (non-hydrogen) atoms. The van der Waals surface area contributed by atoms with Gasteiger partial charge in [0.15, 0.2) is 5.96 Å². The zero-order valence-electron chi connectivity index (χ0n) is 17.0. The summed E-state index contributed by atoms with van der Waals surface area (Å²) in [4.78, 5) is 18.4. The molecule has 8 nitrogen and oxygen atoms in total. The fourth-order valence-electron chi connectivity index (χ4n) is 4.02. The monoisotopic (exact) mass is 441 g/mol. The molecule has 2 N–H and O–H groups in total. The first-order chi connectivity index (χ1) is 13.4. The first-order valence-electron chi connectivity index (χ1n) is 9.68. The van der Waals surface area contributed by atoms with E-state index in [0.29, 0.717) is 16.8 Å². The van der Waals surface area contributed by atoms with Crippen molar-refractivity contribution >= 4 is 21.9 Å². The molecule has 2 fully saturated rings. The SMILES string of the molecule is CN=C(NCC1(C(=O)N(C)C)CCCC1)NC1CCN(S(=O)(=O)C(F)(F)F)CC1. The van der Waals surface area contributed by atoms with Gasteiger partial charge in [-0.05, 0) is 25.7 Å². The number of piperidine rings is 1. The van der Waals surface area contributed by atoms with Gasteiger partial charge >= 0.3 is 15.5 Å². The normalized spacial score (nSPS) is 21.8. The topological polar surface area (TPSA) is 94.1 Å². The number of guanidine groups is 1. The molecule has 1 saturated carbocycles. The van der Waals surface area contributed by atoms with Crippen LogP contribution < -0.4 is 10.6 Å². The van der Waals surface area contributed by atoms with Gasteiger partial charge in [0.2, 0.25) is 5.91 Å². The number of halogens is 3. The van der Waals surface area contributed by atoms with E-state index in [2.05, 4.69) is 15.6 Å². The number of carbonyl (C=O) groups is 1. The van der Waals surface area contributed by atoms with E-state index < -0.39 is 20.9 Å². The van der Waals surface area contributed by atoms with Crippen molar-refractivity contribution in [2.45, 2.75) is 50.1 Å². The largest absolute Gasteiger partial charge is 0.511 e. The average molecular weight is 442 g/mol. The van der Waals surface area contributed by atoms with Crippen LogP contribution in [0.4, 0.5) is 13.2 Å². The molecule has 0 aromatic carbocycles. The predicted octanol–water partition coefficient (Wildman–Crippen LogP) is 1.11. The van der Waals surface area contributed by atoms with Crippen LogP contribution in [0.3, 0.4) is 0 Å². The van der Waals surface area contributed by atoms with E-state index in [9.17, 15) is 26.4 Å². The molecule has 0 bridgehead atoms. The average Bonchev–Trinajstić information content (AvgIpc) is 3.14. The first-order valence-corrected chi connectivity index (χ1v) is 11.1. The molecule has 1 aliphatic carbocycles. The molecule has 0 aromatic heterocycles. The molecule has 0 radical (unpaired) electrons. The molecular formula is C17H30F3N5O3S. The highest BCUT2D eigenvalue weighted by atomic mass is 32.2. The molecule has 2 rings (SSSR count). The summed E-state index contributed by atoms with van der Waals surface area (Å²) in [5.74, 6) is 0.531. The minimum atomic E-state index is -5.29. The molecule has 168 valence electrons. The van der Waals surface area contributed by atoms with Crippen molar-refractivity contribution in [3.05, 3.63) is 0 Å². The molecule has 1 aliphatic heterocycles. The fraction of sp³-hybridized carbons (Fsp3) is 0.882. The van der Waals surface area contributed by atoms with Crippen molar-refractivity contribution in [3.8, 4) is 0 Å². The summed E-state index contributed by atoms with van der Waals surface area (Å²) in [5, 5.41) is 6.32. The van der Waals surface area contributed by atoms with Crippen LogP contribution in [0.2, 0.25) is 0 Å². The molecule has 0 atom stereocenters. The zero-order valence-corrected chi connectivity index (χ0v) is 17.9. The maximum absolute atomic E-state index is 12.7. The maximum atomic E-state index is 12.7. The predicted molar refractivity (Wildman–Crippen MR) is 104 cm³/mol. The summed E-state index contributed by atoms with van der Waals surface area (Å²) in [6, 6.07) is -0.204. The third-order valence-electron chi connectivity index (χ3n) is 5.67. The molecule has 0 unspecified atom stereocenters. The minimum absolute atomic E-state index is 0.0728. The summed E-state index contributed by atoms with van der Waals surface area (Å²) >= 11 is 0. The van der Waals surface area contributed by atoms with E-state index in [1.54, 1.807) is 26.0 Å². The second-order valence-corrected chi connectivity index (χ2v) is 9.81. The zero-order chi connectivity index (χ0) is 21.9. The second kappa shape index (κ2) is 9.07. The van der Waals surface area contributed by atoms with Crippen molar-refractivity contribution in [2.75, 3.05) is 40.8 Å². The molecule has 0 aromatic rings. The van der Waals surface area contributed by atoms with Crippen molar-refractivity contribution in [1.29, 1.82) is 0 Å². The Balaban J connectivity index is 1.91. The van der Waals surface area contributed by atoms with Crippen LogP contribution in [-0.2, 0) is 14.8 Å². The van der Waals surface area contributed by atoms with Gasteiger partial charge in [-0.25, -0.2) is 8.42 Å². The maximum Gasteiger partial charge on any atom is 0.511 e. The van der Waals surface area contributed by atoms with Gasteiger partial charge in [0.05, 0.1) is 5.41 Å². The van der Waals surface area contributed by atoms with Crippen LogP contribution in [0.25, 0.3) is 0 Å². The van der Waals surface area contributed by atoms with Crippen LogP contribution in [0.1, 0.15) is 38.5 Å². The summed E-state index contributed by atoms with van der Waals surface area (Å²) in [7, 11) is -0.241. The molecule has 0 spiro atoms. The number of nitrogens with zero attached hydrogens (tertiary/aromatic N) is 3. The Hall–Kier alpha value is -1.56. The van der Waals surface area contributed by atoms with Crippen molar-refractivity contribution in [3.63, 3.8) is 0 Å². The Bertz CT molecular complexity index is 710. The molecule has 1 saturated heterocycles. The van der Waals surface area contributed by atoms with Gasteiger partial charge in [0, 0.05) is 46.8 Å². The van der Waals surface area contributed by atoms with Crippen molar-refractivity contribution in [2.24, 2.45) is 10.4 Å². The van der Waals surface area contributed by atoms with Gasteiger partial charge in [-0.15, -0.1) is 0 Å². The Labute approximate surface area is 170 Å². The Morgan fingerprint density at radius 1 is 1.21 bits per heavy atom. The lowest BCUT2D eigenvalue weighted by Gasteiger charge is -2.34. The van der Waals surface area contributed by atoms with Crippen LogP contribution in [-0.4, -0.2) is 81.8 Å². The molecule has 1 amide bonds. The van der Waals surface area contributed by atoms with E-state index in [0.717, 1.165) is 25.7 Å². The van der Waals surface area contributed by atoms with E-state index in [4.69, 9.17) is 0 Å². The Morgan fingerprint density at radius 2 is 1.76 bits per heavy atom. The lowest BCUT2D eigenvalue weighted by atomic mass is 9.84. The van der Waals surface area contributed by atoms with E-state index in [-0.39, 0.29) is 37.9 Å². The second-order valence-electron chi connectivity index (χ2n) is 7.88.